The Hall–Kier alpha value is -2.21. The molecular formula is C20H25N3O3. The quantitative estimate of drug-likeness (QED) is 0.891. The first kappa shape index (κ1) is 17.2. The van der Waals surface area contributed by atoms with E-state index in [0.717, 1.165) is 12.0 Å². The fourth-order valence-electron chi connectivity index (χ4n) is 3.82. The highest BCUT2D eigenvalue weighted by Gasteiger charge is 2.37. The monoisotopic (exact) mass is 355 g/mol. The Morgan fingerprint density at radius 3 is 3.00 bits per heavy atom. The number of piperidine rings is 1. The Kier molecular flexibility index (Phi) is 4.53. The number of aryl methyl sites for hydroxylation is 1. The molecule has 0 bridgehead atoms. The van der Waals surface area contributed by atoms with Gasteiger partial charge in [0.2, 0.25) is 11.8 Å². The first-order chi connectivity index (χ1) is 12.5. The third-order valence-electron chi connectivity index (χ3n) is 5.31. The summed E-state index contributed by atoms with van der Waals surface area (Å²) < 4.78 is 5.14. The van der Waals surface area contributed by atoms with Crippen molar-refractivity contribution in [2.75, 3.05) is 13.1 Å². The fraction of sp³-hybridized carbons (Fsp3) is 0.550. The molecule has 1 aliphatic heterocycles. The number of carbonyl (C=O) groups excluding carboxylic acids is 1. The van der Waals surface area contributed by atoms with Crippen molar-refractivity contribution in [3.8, 4) is 0 Å². The van der Waals surface area contributed by atoms with Crippen LogP contribution in [0.15, 0.2) is 28.8 Å². The van der Waals surface area contributed by atoms with Gasteiger partial charge in [0, 0.05) is 13.1 Å². The number of amides is 1. The van der Waals surface area contributed by atoms with E-state index in [4.69, 9.17) is 4.52 Å². The molecule has 1 unspecified atom stereocenters. The summed E-state index contributed by atoms with van der Waals surface area (Å²) >= 11 is 0. The summed E-state index contributed by atoms with van der Waals surface area (Å²) in [6.45, 7) is 2.76. The van der Waals surface area contributed by atoms with Gasteiger partial charge in [0.1, 0.15) is 0 Å². The standard InChI is InChI=1S/C20H25N3O3/c1-14-21-18(26-22-14)12-20(25)8-3-9-23(13-20)19(24)11-15-4-2-5-17(10-15)16-6-7-16/h2,4-5,10,16,25H,3,6-9,11-13H2,1H3. The van der Waals surface area contributed by atoms with Gasteiger partial charge in [-0.2, -0.15) is 4.98 Å². The predicted molar refractivity (Wildman–Crippen MR) is 95.6 cm³/mol. The predicted octanol–water partition coefficient (Wildman–Crippen LogP) is 2.39. The fourth-order valence-corrected chi connectivity index (χ4v) is 3.82. The molecule has 2 heterocycles. The van der Waals surface area contributed by atoms with Crippen LogP contribution in [-0.4, -0.2) is 44.7 Å². The van der Waals surface area contributed by atoms with Crippen LogP contribution in [0.1, 0.15) is 54.4 Å². The van der Waals surface area contributed by atoms with Crippen LogP contribution in [-0.2, 0) is 17.6 Å². The molecule has 2 aliphatic rings. The van der Waals surface area contributed by atoms with Crippen molar-refractivity contribution in [1.82, 2.24) is 15.0 Å². The number of β-amino-alcohol motifs (C(OH)–C–C–N with tert-alkyl or cyclic N) is 1. The zero-order valence-electron chi connectivity index (χ0n) is 15.1. The third kappa shape index (κ3) is 3.96. The van der Waals surface area contributed by atoms with Crippen molar-refractivity contribution in [1.29, 1.82) is 0 Å². The van der Waals surface area contributed by atoms with E-state index >= 15 is 0 Å². The van der Waals surface area contributed by atoms with Gasteiger partial charge in [-0.05, 0) is 49.7 Å². The van der Waals surface area contributed by atoms with Crippen LogP contribution in [0.3, 0.4) is 0 Å². The van der Waals surface area contributed by atoms with Crippen molar-refractivity contribution in [2.24, 2.45) is 0 Å². The number of benzene rings is 1. The second kappa shape index (κ2) is 6.83. The maximum Gasteiger partial charge on any atom is 0.229 e. The van der Waals surface area contributed by atoms with Crippen molar-refractivity contribution >= 4 is 5.91 Å². The molecule has 1 aromatic heterocycles. The molecule has 1 aromatic carbocycles. The number of likely N-dealkylation sites (tertiary alicyclic amines) is 1. The average Bonchev–Trinajstić information content (AvgIpc) is 3.38. The molecule has 0 spiro atoms. The highest BCUT2D eigenvalue weighted by atomic mass is 16.5. The molecule has 1 aliphatic carbocycles. The number of hydrogen-bond donors (Lipinski definition) is 1. The normalized spacial score (nSPS) is 23.2. The molecule has 4 rings (SSSR count). The Balaban J connectivity index is 1.40. The minimum Gasteiger partial charge on any atom is -0.388 e. The van der Waals surface area contributed by atoms with E-state index in [0.29, 0.717) is 43.6 Å². The minimum atomic E-state index is -0.997. The van der Waals surface area contributed by atoms with Crippen molar-refractivity contribution in [2.45, 2.75) is 57.0 Å². The topological polar surface area (TPSA) is 79.5 Å². The summed E-state index contributed by atoms with van der Waals surface area (Å²) in [4.78, 5) is 18.7. The van der Waals surface area contributed by atoms with E-state index in [2.05, 4.69) is 22.3 Å². The molecule has 0 radical (unpaired) electrons. The van der Waals surface area contributed by atoms with Gasteiger partial charge in [-0.15, -0.1) is 0 Å². The number of aliphatic hydroxyl groups is 1. The second-order valence-corrected chi connectivity index (χ2v) is 7.75. The van der Waals surface area contributed by atoms with Crippen molar-refractivity contribution in [3.05, 3.63) is 47.1 Å². The van der Waals surface area contributed by atoms with Crippen molar-refractivity contribution in [3.63, 3.8) is 0 Å². The smallest absolute Gasteiger partial charge is 0.229 e. The zero-order valence-corrected chi connectivity index (χ0v) is 15.1. The number of rotatable bonds is 5. The summed E-state index contributed by atoms with van der Waals surface area (Å²) in [5.74, 6) is 1.74. The van der Waals surface area contributed by atoms with Crippen LogP contribution in [0.4, 0.5) is 0 Å². The first-order valence-corrected chi connectivity index (χ1v) is 9.39. The summed E-state index contributed by atoms with van der Waals surface area (Å²) in [6, 6.07) is 8.37. The lowest BCUT2D eigenvalue weighted by molar-refractivity contribution is -0.137. The molecule has 2 fully saturated rings. The third-order valence-corrected chi connectivity index (χ3v) is 5.31. The lowest BCUT2D eigenvalue weighted by Crippen LogP contribution is -2.51. The van der Waals surface area contributed by atoms with Crippen LogP contribution in [0, 0.1) is 6.92 Å². The Morgan fingerprint density at radius 2 is 2.27 bits per heavy atom. The number of nitrogens with zero attached hydrogens (tertiary/aromatic N) is 3. The SMILES string of the molecule is Cc1noc(CC2(O)CCCN(C(=O)Cc3cccc(C4CC4)c3)C2)n1. The van der Waals surface area contributed by atoms with Gasteiger partial charge in [-0.3, -0.25) is 4.79 Å². The summed E-state index contributed by atoms with van der Waals surface area (Å²) in [6.07, 6.45) is 4.59. The van der Waals surface area contributed by atoms with E-state index in [1.165, 1.54) is 18.4 Å². The highest BCUT2D eigenvalue weighted by Crippen LogP contribution is 2.40. The minimum absolute atomic E-state index is 0.0674. The molecule has 1 saturated heterocycles. The van der Waals surface area contributed by atoms with Gasteiger partial charge >= 0.3 is 0 Å². The summed E-state index contributed by atoms with van der Waals surface area (Å²) in [5, 5.41) is 14.7. The largest absolute Gasteiger partial charge is 0.388 e. The Labute approximate surface area is 153 Å². The van der Waals surface area contributed by atoms with E-state index in [1.54, 1.807) is 11.8 Å². The molecule has 6 nitrogen and oxygen atoms in total. The number of carbonyl (C=O) groups is 1. The second-order valence-electron chi connectivity index (χ2n) is 7.75. The van der Waals surface area contributed by atoms with Gasteiger partial charge in [0.05, 0.1) is 18.4 Å². The molecule has 1 amide bonds. The maximum absolute atomic E-state index is 12.8. The van der Waals surface area contributed by atoms with Crippen LogP contribution >= 0.6 is 0 Å². The van der Waals surface area contributed by atoms with Crippen LogP contribution in [0.2, 0.25) is 0 Å². The Morgan fingerprint density at radius 1 is 1.42 bits per heavy atom. The molecule has 2 aromatic rings. The molecule has 26 heavy (non-hydrogen) atoms. The van der Waals surface area contributed by atoms with Gasteiger partial charge in [0.25, 0.3) is 0 Å². The molecular weight excluding hydrogens is 330 g/mol. The van der Waals surface area contributed by atoms with E-state index in [9.17, 15) is 9.90 Å². The lowest BCUT2D eigenvalue weighted by atomic mass is 9.89. The average molecular weight is 355 g/mol. The van der Waals surface area contributed by atoms with E-state index < -0.39 is 5.60 Å². The molecule has 1 atom stereocenters. The van der Waals surface area contributed by atoms with Crippen molar-refractivity contribution < 1.29 is 14.4 Å². The van der Waals surface area contributed by atoms with Crippen LogP contribution in [0.5, 0.6) is 0 Å². The van der Waals surface area contributed by atoms with Crippen LogP contribution < -0.4 is 0 Å². The summed E-state index contributed by atoms with van der Waals surface area (Å²) in [7, 11) is 0. The Bertz CT molecular complexity index is 799. The van der Waals surface area contributed by atoms with E-state index in [1.807, 2.05) is 12.1 Å². The molecule has 1 saturated carbocycles. The highest BCUT2D eigenvalue weighted by molar-refractivity contribution is 5.79. The van der Waals surface area contributed by atoms with Gasteiger partial charge in [-0.1, -0.05) is 29.4 Å². The van der Waals surface area contributed by atoms with E-state index in [-0.39, 0.29) is 12.3 Å². The zero-order chi connectivity index (χ0) is 18.1. The van der Waals surface area contributed by atoms with Crippen LogP contribution in [0.25, 0.3) is 0 Å². The summed E-state index contributed by atoms with van der Waals surface area (Å²) in [5.41, 5.74) is 1.40. The van der Waals surface area contributed by atoms with Gasteiger partial charge in [0.15, 0.2) is 5.82 Å². The lowest BCUT2D eigenvalue weighted by Gasteiger charge is -2.38. The molecule has 138 valence electrons. The molecule has 6 heteroatoms. The number of aromatic nitrogens is 2. The van der Waals surface area contributed by atoms with Gasteiger partial charge < -0.3 is 14.5 Å². The maximum atomic E-state index is 12.8. The first-order valence-electron chi connectivity index (χ1n) is 9.39. The van der Waals surface area contributed by atoms with Gasteiger partial charge in [-0.25, -0.2) is 0 Å². The molecule has 1 N–H and O–H groups in total. The number of hydrogen-bond acceptors (Lipinski definition) is 5.